The molecule has 2 aromatic rings. The monoisotopic (exact) mass is 336 g/mol. The maximum absolute atomic E-state index is 10.6. The molecule has 0 radical (unpaired) electrons. The van der Waals surface area contributed by atoms with Crippen molar-refractivity contribution in [2.75, 3.05) is 19.0 Å². The first kappa shape index (κ1) is 16.9. The van der Waals surface area contributed by atoms with E-state index in [0.29, 0.717) is 29.7 Å². The minimum atomic E-state index is -0.429. The molecule has 2 aromatic carbocycles. The smallest absolute Gasteiger partial charge is 0.269 e. The number of halogens is 1. The summed E-state index contributed by atoms with van der Waals surface area (Å²) in [6.45, 7) is 2.89. The summed E-state index contributed by atoms with van der Waals surface area (Å²) < 4.78 is 10.8. The van der Waals surface area contributed by atoms with Crippen LogP contribution in [-0.2, 0) is 6.54 Å². The molecule has 23 heavy (non-hydrogen) atoms. The molecule has 2 rings (SSSR count). The minimum absolute atomic E-state index is 0.0571. The Labute approximate surface area is 139 Å². The summed E-state index contributed by atoms with van der Waals surface area (Å²) in [5, 5.41) is 14.3. The fourth-order valence-corrected chi connectivity index (χ4v) is 2.40. The minimum Gasteiger partial charge on any atom is -0.491 e. The summed E-state index contributed by atoms with van der Waals surface area (Å²) in [4.78, 5) is 10.2. The van der Waals surface area contributed by atoms with E-state index in [0.717, 1.165) is 11.3 Å². The van der Waals surface area contributed by atoms with Gasteiger partial charge in [0.05, 0.1) is 23.7 Å². The van der Waals surface area contributed by atoms with Gasteiger partial charge in [0.25, 0.3) is 5.69 Å². The number of nitrogens with one attached hydrogen (secondary N) is 1. The quantitative estimate of drug-likeness (QED) is 0.603. The lowest BCUT2D eigenvalue weighted by Crippen LogP contribution is -2.02. The lowest BCUT2D eigenvalue weighted by atomic mass is 10.2. The van der Waals surface area contributed by atoms with Gasteiger partial charge in [0, 0.05) is 24.4 Å². The van der Waals surface area contributed by atoms with Crippen LogP contribution in [-0.4, -0.2) is 18.6 Å². The maximum atomic E-state index is 10.6. The highest BCUT2D eigenvalue weighted by Crippen LogP contribution is 2.36. The zero-order valence-corrected chi connectivity index (χ0v) is 13.6. The second-order valence-electron chi connectivity index (χ2n) is 4.70. The highest BCUT2D eigenvalue weighted by molar-refractivity contribution is 6.32. The van der Waals surface area contributed by atoms with Crippen molar-refractivity contribution in [1.82, 2.24) is 0 Å². The zero-order valence-electron chi connectivity index (χ0n) is 12.8. The molecule has 0 saturated heterocycles. The first-order valence-corrected chi connectivity index (χ1v) is 7.40. The van der Waals surface area contributed by atoms with Crippen molar-refractivity contribution < 1.29 is 14.4 Å². The van der Waals surface area contributed by atoms with Gasteiger partial charge in [0.15, 0.2) is 11.5 Å². The largest absolute Gasteiger partial charge is 0.491 e. The Bertz CT molecular complexity index is 689. The first-order chi connectivity index (χ1) is 11.0. The first-order valence-electron chi connectivity index (χ1n) is 7.02. The van der Waals surface area contributed by atoms with Crippen molar-refractivity contribution in [2.45, 2.75) is 13.5 Å². The lowest BCUT2D eigenvalue weighted by Gasteiger charge is -2.14. The number of hydrogen-bond acceptors (Lipinski definition) is 5. The van der Waals surface area contributed by atoms with E-state index in [1.54, 1.807) is 25.3 Å². The molecule has 0 aliphatic carbocycles. The van der Waals surface area contributed by atoms with Gasteiger partial charge in [-0.3, -0.25) is 10.1 Å². The van der Waals surface area contributed by atoms with E-state index in [1.165, 1.54) is 12.1 Å². The molecule has 0 aliphatic rings. The van der Waals surface area contributed by atoms with Gasteiger partial charge in [-0.25, -0.2) is 0 Å². The van der Waals surface area contributed by atoms with Crippen LogP contribution in [0.1, 0.15) is 12.5 Å². The van der Waals surface area contributed by atoms with Crippen molar-refractivity contribution in [3.05, 3.63) is 57.1 Å². The molecule has 0 saturated carbocycles. The number of hydrogen-bond donors (Lipinski definition) is 1. The van der Waals surface area contributed by atoms with E-state index in [-0.39, 0.29) is 5.69 Å². The van der Waals surface area contributed by atoms with Crippen LogP contribution in [0.2, 0.25) is 5.02 Å². The number of nitro groups is 1. The summed E-state index contributed by atoms with van der Waals surface area (Å²) >= 11 is 6.20. The number of ether oxygens (including phenoxy) is 2. The Hall–Kier alpha value is -2.47. The molecular weight excluding hydrogens is 320 g/mol. The average Bonchev–Trinajstić information content (AvgIpc) is 2.53. The van der Waals surface area contributed by atoms with Crippen molar-refractivity contribution >= 4 is 23.0 Å². The van der Waals surface area contributed by atoms with E-state index in [2.05, 4.69) is 5.32 Å². The molecule has 0 amide bonds. The molecule has 0 spiro atoms. The van der Waals surface area contributed by atoms with Crippen LogP contribution >= 0.6 is 11.6 Å². The molecule has 6 nitrogen and oxygen atoms in total. The number of nitro benzene ring substituents is 1. The summed E-state index contributed by atoms with van der Waals surface area (Å²) in [5.74, 6) is 1.09. The standard InChI is InChI=1S/C16H17ClN2O4/c1-3-23-15-9-11(8-14(17)16(15)22-2)10-18-12-4-6-13(7-5-12)19(20)21/h4-9,18H,3,10H2,1-2H3. The Morgan fingerprint density at radius 2 is 1.96 bits per heavy atom. The topological polar surface area (TPSA) is 73.6 Å². The Balaban J connectivity index is 2.12. The van der Waals surface area contributed by atoms with Crippen LogP contribution in [0.3, 0.4) is 0 Å². The van der Waals surface area contributed by atoms with Gasteiger partial charge >= 0.3 is 0 Å². The van der Waals surface area contributed by atoms with Gasteiger partial charge in [0.2, 0.25) is 0 Å². The molecule has 0 fully saturated rings. The van der Waals surface area contributed by atoms with Gasteiger partial charge in [0.1, 0.15) is 0 Å². The van der Waals surface area contributed by atoms with E-state index in [9.17, 15) is 10.1 Å². The van der Waals surface area contributed by atoms with Gasteiger partial charge in [-0.05, 0) is 36.8 Å². The maximum Gasteiger partial charge on any atom is 0.269 e. The Kier molecular flexibility index (Phi) is 5.65. The van der Waals surface area contributed by atoms with Gasteiger partial charge in [-0.15, -0.1) is 0 Å². The molecule has 7 heteroatoms. The van der Waals surface area contributed by atoms with Gasteiger partial charge < -0.3 is 14.8 Å². The highest BCUT2D eigenvalue weighted by Gasteiger charge is 2.11. The Morgan fingerprint density at radius 3 is 2.52 bits per heavy atom. The molecule has 1 N–H and O–H groups in total. The van der Waals surface area contributed by atoms with Crippen molar-refractivity contribution in [1.29, 1.82) is 0 Å². The number of non-ortho nitro benzene ring substituents is 1. The second-order valence-corrected chi connectivity index (χ2v) is 5.11. The van der Waals surface area contributed by atoms with E-state index in [1.807, 2.05) is 13.0 Å². The zero-order chi connectivity index (χ0) is 16.8. The van der Waals surface area contributed by atoms with Crippen LogP contribution in [0.25, 0.3) is 0 Å². The van der Waals surface area contributed by atoms with Gasteiger partial charge in [-0.2, -0.15) is 0 Å². The molecule has 0 heterocycles. The van der Waals surface area contributed by atoms with Crippen LogP contribution < -0.4 is 14.8 Å². The van der Waals surface area contributed by atoms with Crippen LogP contribution in [0, 0.1) is 10.1 Å². The van der Waals surface area contributed by atoms with Crippen molar-refractivity contribution in [3.63, 3.8) is 0 Å². The molecule has 0 atom stereocenters. The van der Waals surface area contributed by atoms with Crippen molar-refractivity contribution in [2.24, 2.45) is 0 Å². The van der Waals surface area contributed by atoms with Crippen LogP contribution in [0.15, 0.2) is 36.4 Å². The molecular formula is C16H17ClN2O4. The van der Waals surface area contributed by atoms with E-state index in [4.69, 9.17) is 21.1 Å². The lowest BCUT2D eigenvalue weighted by molar-refractivity contribution is -0.384. The number of benzene rings is 2. The molecule has 0 unspecified atom stereocenters. The summed E-state index contributed by atoms with van der Waals surface area (Å²) in [6.07, 6.45) is 0. The third-order valence-electron chi connectivity index (χ3n) is 3.15. The molecule has 122 valence electrons. The summed E-state index contributed by atoms with van der Waals surface area (Å²) in [5.41, 5.74) is 1.75. The predicted octanol–water partition coefficient (Wildman–Crippen LogP) is 4.27. The fourth-order valence-electron chi connectivity index (χ4n) is 2.09. The molecule has 0 bridgehead atoms. The number of rotatable bonds is 7. The molecule has 0 aromatic heterocycles. The number of anilines is 1. The average molecular weight is 337 g/mol. The predicted molar refractivity (Wildman–Crippen MR) is 89.6 cm³/mol. The van der Waals surface area contributed by atoms with E-state index >= 15 is 0 Å². The second kappa shape index (κ2) is 7.69. The third-order valence-corrected chi connectivity index (χ3v) is 3.43. The Morgan fingerprint density at radius 1 is 1.26 bits per heavy atom. The number of methoxy groups -OCH3 is 1. The number of nitrogens with zero attached hydrogens (tertiary/aromatic N) is 1. The molecule has 0 aliphatic heterocycles. The summed E-state index contributed by atoms with van der Waals surface area (Å²) in [7, 11) is 1.54. The normalized spacial score (nSPS) is 10.2. The third kappa shape index (κ3) is 4.26. The van der Waals surface area contributed by atoms with Crippen LogP contribution in [0.4, 0.5) is 11.4 Å². The van der Waals surface area contributed by atoms with Gasteiger partial charge in [-0.1, -0.05) is 11.6 Å². The van der Waals surface area contributed by atoms with E-state index < -0.39 is 4.92 Å². The summed E-state index contributed by atoms with van der Waals surface area (Å²) in [6, 6.07) is 9.87. The SMILES string of the molecule is CCOc1cc(CNc2ccc([N+](=O)[O-])cc2)cc(Cl)c1OC. The van der Waals surface area contributed by atoms with Crippen molar-refractivity contribution in [3.8, 4) is 11.5 Å². The van der Waals surface area contributed by atoms with Crippen LogP contribution in [0.5, 0.6) is 11.5 Å². The highest BCUT2D eigenvalue weighted by atomic mass is 35.5. The fraction of sp³-hybridized carbons (Fsp3) is 0.250.